The molecular formula is C18H27N3O2S. The Morgan fingerprint density at radius 1 is 1.50 bits per heavy atom. The molecule has 1 saturated heterocycles. The maximum absolute atomic E-state index is 11.3. The van der Waals surface area contributed by atoms with E-state index in [-0.39, 0.29) is 0 Å². The van der Waals surface area contributed by atoms with Gasteiger partial charge in [-0.25, -0.2) is 13.1 Å². The van der Waals surface area contributed by atoms with Gasteiger partial charge in [0, 0.05) is 37.1 Å². The Kier molecular flexibility index (Phi) is 6.18. The molecule has 132 valence electrons. The quantitative estimate of drug-likeness (QED) is 0.830. The van der Waals surface area contributed by atoms with Crippen LogP contribution in [0.2, 0.25) is 0 Å². The molecule has 1 aliphatic heterocycles. The van der Waals surface area contributed by atoms with Crippen LogP contribution in [0.4, 0.5) is 0 Å². The van der Waals surface area contributed by atoms with Crippen LogP contribution in [0.3, 0.4) is 0 Å². The van der Waals surface area contributed by atoms with Gasteiger partial charge in [0.1, 0.15) is 0 Å². The Morgan fingerprint density at radius 3 is 2.92 bits per heavy atom. The Bertz CT molecular complexity index is 715. The van der Waals surface area contributed by atoms with Gasteiger partial charge in [-0.1, -0.05) is 18.2 Å². The number of sulfonamides is 1. The van der Waals surface area contributed by atoms with Crippen LogP contribution in [0, 0.1) is 5.92 Å². The summed E-state index contributed by atoms with van der Waals surface area (Å²) in [5, 5.41) is 0. The topological polar surface area (TPSA) is 61.8 Å². The highest BCUT2D eigenvalue weighted by Gasteiger charge is 2.23. The van der Waals surface area contributed by atoms with Crippen molar-refractivity contribution in [3.63, 3.8) is 0 Å². The number of aliphatic imine (C=N–C) groups is 1. The van der Waals surface area contributed by atoms with E-state index < -0.39 is 10.0 Å². The number of rotatable bonds is 5. The second kappa shape index (κ2) is 7.94. The lowest BCUT2D eigenvalue weighted by Crippen LogP contribution is -2.40. The van der Waals surface area contributed by atoms with Gasteiger partial charge in [0.25, 0.3) is 0 Å². The van der Waals surface area contributed by atoms with E-state index in [4.69, 9.17) is 0 Å². The molecule has 5 nitrogen and oxygen atoms in total. The molecule has 24 heavy (non-hydrogen) atoms. The van der Waals surface area contributed by atoms with E-state index >= 15 is 0 Å². The van der Waals surface area contributed by atoms with Gasteiger partial charge in [-0.3, -0.25) is 4.99 Å². The summed E-state index contributed by atoms with van der Waals surface area (Å²) >= 11 is 0. The smallest absolute Gasteiger partial charge is 0.208 e. The van der Waals surface area contributed by atoms with Gasteiger partial charge in [-0.15, -0.1) is 0 Å². The van der Waals surface area contributed by atoms with Crippen molar-refractivity contribution in [3.05, 3.63) is 47.9 Å². The third kappa shape index (κ3) is 5.18. The maximum Gasteiger partial charge on any atom is 0.208 e. The van der Waals surface area contributed by atoms with Crippen molar-refractivity contribution in [3.8, 4) is 0 Å². The average molecular weight is 350 g/mol. The number of likely N-dealkylation sites (tertiary alicyclic amines) is 1. The number of piperidine rings is 1. The zero-order chi connectivity index (χ0) is 17.7. The fraction of sp³-hybridized carbons (Fsp3) is 0.500. The summed E-state index contributed by atoms with van der Waals surface area (Å²) in [4.78, 5) is 6.72. The highest BCUT2D eigenvalue weighted by atomic mass is 32.2. The highest BCUT2D eigenvalue weighted by Crippen LogP contribution is 2.25. The summed E-state index contributed by atoms with van der Waals surface area (Å²) in [6.45, 7) is 10.2. The van der Waals surface area contributed by atoms with Crippen molar-refractivity contribution in [1.82, 2.24) is 9.62 Å². The first-order valence-electron chi connectivity index (χ1n) is 8.26. The average Bonchev–Trinajstić information content (AvgIpc) is 2.54. The highest BCUT2D eigenvalue weighted by molar-refractivity contribution is 7.88. The molecule has 0 aromatic carbocycles. The number of hydrogen-bond acceptors (Lipinski definition) is 4. The van der Waals surface area contributed by atoms with E-state index in [2.05, 4.69) is 41.1 Å². The fourth-order valence-corrected chi connectivity index (χ4v) is 3.66. The minimum Gasteiger partial charge on any atom is -0.374 e. The molecule has 0 bridgehead atoms. The zero-order valence-corrected chi connectivity index (χ0v) is 15.6. The molecule has 2 rings (SSSR count). The summed E-state index contributed by atoms with van der Waals surface area (Å²) in [7, 11) is -3.13. The molecule has 1 atom stereocenters. The van der Waals surface area contributed by atoms with Crippen LogP contribution in [-0.2, 0) is 10.0 Å². The SMILES string of the molecule is C=CN=C1C=CC(C)=C/C1=C(/C)N1CCCC(CNS(C)(=O)=O)C1. The first-order chi connectivity index (χ1) is 11.3. The van der Waals surface area contributed by atoms with Gasteiger partial charge in [-0.05, 0) is 44.8 Å². The van der Waals surface area contributed by atoms with Crippen LogP contribution in [0.25, 0.3) is 0 Å². The molecule has 0 aromatic rings. The van der Waals surface area contributed by atoms with E-state index in [1.54, 1.807) is 6.20 Å². The van der Waals surface area contributed by atoms with Gasteiger partial charge in [-0.2, -0.15) is 0 Å². The van der Waals surface area contributed by atoms with Gasteiger partial charge in [0.05, 0.1) is 12.0 Å². The standard InChI is InChI=1S/C18H27N3O2S/c1-5-19-18-9-8-14(2)11-17(18)15(3)21-10-6-7-16(13-21)12-20-24(4,22)23/h5,8-9,11,16,20H,1,6-7,10,12-13H2,2-4H3/b17-15+,19-18?. The van der Waals surface area contributed by atoms with Crippen molar-refractivity contribution in [2.45, 2.75) is 26.7 Å². The Labute approximate surface area is 145 Å². The second-order valence-electron chi connectivity index (χ2n) is 6.49. The van der Waals surface area contributed by atoms with Gasteiger partial charge in [0.2, 0.25) is 10.0 Å². The van der Waals surface area contributed by atoms with Crippen LogP contribution in [0.15, 0.2) is 52.8 Å². The summed E-state index contributed by atoms with van der Waals surface area (Å²) in [6.07, 6.45) is 11.1. The number of hydrogen-bond donors (Lipinski definition) is 1. The normalized spacial score (nSPS) is 25.6. The predicted octanol–water partition coefficient (Wildman–Crippen LogP) is 2.62. The molecule has 1 heterocycles. The fourth-order valence-electron chi connectivity index (χ4n) is 3.13. The van der Waals surface area contributed by atoms with Gasteiger partial charge >= 0.3 is 0 Å². The van der Waals surface area contributed by atoms with E-state index in [1.165, 1.54) is 17.5 Å². The lowest BCUT2D eigenvalue weighted by molar-refractivity contribution is 0.218. The molecule has 1 unspecified atom stereocenters. The maximum atomic E-state index is 11.3. The monoisotopic (exact) mass is 349 g/mol. The molecule has 0 aromatic heterocycles. The summed E-state index contributed by atoms with van der Waals surface area (Å²) in [5.74, 6) is 0.327. The largest absolute Gasteiger partial charge is 0.374 e. The third-order valence-electron chi connectivity index (χ3n) is 4.40. The summed E-state index contributed by atoms with van der Waals surface area (Å²) in [6, 6.07) is 0. The Morgan fingerprint density at radius 2 is 2.25 bits per heavy atom. The second-order valence-corrected chi connectivity index (χ2v) is 8.33. The van der Waals surface area contributed by atoms with Gasteiger partial charge in [0.15, 0.2) is 0 Å². The van der Waals surface area contributed by atoms with Crippen molar-refractivity contribution >= 4 is 15.7 Å². The number of nitrogens with one attached hydrogen (secondary N) is 1. The molecule has 1 aliphatic carbocycles. The number of allylic oxidation sites excluding steroid dienone is 6. The Hall–Kier alpha value is -1.66. The molecular weight excluding hydrogens is 322 g/mol. The van der Waals surface area contributed by atoms with Crippen LogP contribution < -0.4 is 4.72 Å². The zero-order valence-electron chi connectivity index (χ0n) is 14.7. The molecule has 0 amide bonds. The molecule has 6 heteroatoms. The minimum absolute atomic E-state index is 0.327. The predicted molar refractivity (Wildman–Crippen MR) is 100 cm³/mol. The lowest BCUT2D eigenvalue weighted by Gasteiger charge is -2.36. The molecule has 2 aliphatic rings. The molecule has 1 fully saturated rings. The molecule has 0 radical (unpaired) electrons. The van der Waals surface area contributed by atoms with Crippen molar-refractivity contribution in [2.75, 3.05) is 25.9 Å². The molecule has 0 saturated carbocycles. The van der Waals surface area contributed by atoms with Gasteiger partial charge < -0.3 is 4.90 Å². The van der Waals surface area contributed by atoms with Crippen molar-refractivity contribution in [1.29, 1.82) is 0 Å². The van der Waals surface area contributed by atoms with E-state index in [9.17, 15) is 8.42 Å². The summed E-state index contributed by atoms with van der Waals surface area (Å²) < 4.78 is 25.3. The van der Waals surface area contributed by atoms with E-state index in [1.807, 2.05) is 12.2 Å². The van der Waals surface area contributed by atoms with Crippen LogP contribution in [0.5, 0.6) is 0 Å². The summed E-state index contributed by atoms with van der Waals surface area (Å²) in [5.41, 5.74) is 4.42. The minimum atomic E-state index is -3.13. The van der Waals surface area contributed by atoms with Crippen LogP contribution in [-0.4, -0.2) is 44.9 Å². The van der Waals surface area contributed by atoms with E-state index in [0.717, 1.165) is 37.2 Å². The molecule has 0 spiro atoms. The van der Waals surface area contributed by atoms with Crippen molar-refractivity contribution < 1.29 is 8.42 Å². The third-order valence-corrected chi connectivity index (χ3v) is 5.09. The number of nitrogens with zero attached hydrogens (tertiary/aromatic N) is 2. The molecule has 1 N–H and O–H groups in total. The van der Waals surface area contributed by atoms with Crippen molar-refractivity contribution in [2.24, 2.45) is 10.9 Å². The van der Waals surface area contributed by atoms with Crippen LogP contribution in [0.1, 0.15) is 26.7 Å². The first-order valence-corrected chi connectivity index (χ1v) is 10.1. The van der Waals surface area contributed by atoms with E-state index in [0.29, 0.717) is 12.5 Å². The lowest BCUT2D eigenvalue weighted by atomic mass is 9.94. The first kappa shape index (κ1) is 18.7. The van der Waals surface area contributed by atoms with Crippen LogP contribution >= 0.6 is 0 Å². The Balaban J connectivity index is 2.17.